The highest BCUT2D eigenvalue weighted by molar-refractivity contribution is 9.09. The van der Waals surface area contributed by atoms with Crippen molar-refractivity contribution in [2.24, 2.45) is 11.8 Å². The maximum absolute atomic E-state index is 15.1. The summed E-state index contributed by atoms with van der Waals surface area (Å²) in [7, 11) is 0. The maximum Gasteiger partial charge on any atom is 0.253 e. The van der Waals surface area contributed by atoms with Gasteiger partial charge in [0.15, 0.2) is 0 Å². The van der Waals surface area contributed by atoms with Crippen molar-refractivity contribution in [3.05, 3.63) is 85.5 Å². The summed E-state index contributed by atoms with van der Waals surface area (Å²) in [4.78, 5) is 51.1. The van der Waals surface area contributed by atoms with Crippen LogP contribution in [0.25, 0.3) is 0 Å². The minimum atomic E-state index is -1.28. The lowest BCUT2D eigenvalue weighted by Crippen LogP contribution is -2.58. The first-order chi connectivity index (χ1) is 22.7. The Kier molecular flexibility index (Phi) is 10.9. The number of nitrogens with zero attached hydrogens (tertiary/aromatic N) is 4. The van der Waals surface area contributed by atoms with Crippen LogP contribution in [0.5, 0.6) is 0 Å². The topological polar surface area (TPSA) is 93.6 Å². The molecular formula is C37H47BrN4O5. The number of amides is 3. The summed E-state index contributed by atoms with van der Waals surface area (Å²) in [6, 6.07) is 15.1. The van der Waals surface area contributed by atoms with Gasteiger partial charge in [-0.15, -0.1) is 13.2 Å². The van der Waals surface area contributed by atoms with E-state index in [1.54, 1.807) is 22.0 Å². The second-order valence-corrected chi connectivity index (χ2v) is 13.7. The van der Waals surface area contributed by atoms with Crippen LogP contribution in [0.4, 0.5) is 11.4 Å². The lowest BCUT2D eigenvalue weighted by atomic mass is 9.70. The molecule has 252 valence electrons. The fraction of sp³-hybridized carbons (Fsp3) is 0.486. The van der Waals surface area contributed by atoms with Crippen molar-refractivity contribution in [1.29, 1.82) is 0 Å². The van der Waals surface area contributed by atoms with Crippen LogP contribution >= 0.6 is 15.9 Å². The zero-order valence-corrected chi connectivity index (χ0v) is 29.2. The van der Waals surface area contributed by atoms with Crippen molar-refractivity contribution < 1.29 is 24.2 Å². The number of hydrogen-bond donors (Lipinski definition) is 1. The standard InChI is InChI=1S/C37H47BrN4O5/c1-6-20-40(21-7-2)34(44)30-31-35(45)42(29(24-43)25-14-12-11-13-15-25)33(37(31)23-28(38)32(30)47-37)36(46)41(22-8-3)27-18-16-26(17-19-27)39(9-4)10-5/h6,8,11-19,28-33,43H,1,3,7,9-10,20-24H2,2,4-5H3/t28?,29-,30+,31+,32+,33?,37?/m1/s1. The van der Waals surface area contributed by atoms with Gasteiger partial charge in [0.1, 0.15) is 11.6 Å². The third-order valence-electron chi connectivity index (χ3n) is 9.96. The Balaban J connectivity index is 1.63. The number of carbonyl (C=O) groups excluding carboxylic acids is 3. The van der Waals surface area contributed by atoms with Crippen LogP contribution in [0.1, 0.15) is 45.2 Å². The number of carbonyl (C=O) groups is 3. The summed E-state index contributed by atoms with van der Waals surface area (Å²) in [5, 5.41) is 10.9. The molecule has 3 unspecified atom stereocenters. The highest BCUT2D eigenvalue weighted by atomic mass is 79.9. The van der Waals surface area contributed by atoms with Crippen molar-refractivity contribution in [2.75, 3.05) is 49.1 Å². The predicted octanol–water partition coefficient (Wildman–Crippen LogP) is 4.96. The van der Waals surface area contributed by atoms with Crippen molar-refractivity contribution in [1.82, 2.24) is 9.80 Å². The van der Waals surface area contributed by atoms with Gasteiger partial charge in [-0.3, -0.25) is 14.4 Å². The van der Waals surface area contributed by atoms with Gasteiger partial charge in [-0.2, -0.15) is 0 Å². The van der Waals surface area contributed by atoms with Crippen LogP contribution in [0.15, 0.2) is 79.9 Å². The fourth-order valence-electron chi connectivity index (χ4n) is 7.95. The highest BCUT2D eigenvalue weighted by Crippen LogP contribution is 2.61. The SMILES string of the molecule is C=CCN(CCC)C(=O)[C@H]1[C@H]2C(=O)N([C@H](CO)c3ccccc3)C(C(=O)N(CC=C)c3ccc(N(CC)CC)cc3)C23CC(Br)[C@@H]1O3. The van der Waals surface area contributed by atoms with E-state index >= 15 is 4.79 Å². The van der Waals surface area contributed by atoms with Crippen molar-refractivity contribution in [3.8, 4) is 0 Å². The van der Waals surface area contributed by atoms with Gasteiger partial charge in [0.2, 0.25) is 11.8 Å². The highest BCUT2D eigenvalue weighted by Gasteiger charge is 2.77. The molecule has 3 amide bonds. The molecule has 3 aliphatic heterocycles. The average Bonchev–Trinajstić information content (AvgIpc) is 3.68. The molecule has 7 atom stereocenters. The van der Waals surface area contributed by atoms with Gasteiger partial charge in [-0.05, 0) is 56.5 Å². The zero-order chi connectivity index (χ0) is 33.9. The first-order valence-corrected chi connectivity index (χ1v) is 17.6. The van der Waals surface area contributed by atoms with E-state index in [0.29, 0.717) is 30.8 Å². The molecule has 0 radical (unpaired) electrons. The third kappa shape index (κ3) is 6.04. The molecule has 2 bridgehead atoms. The Morgan fingerprint density at radius 3 is 2.23 bits per heavy atom. The molecule has 1 spiro atoms. The van der Waals surface area contributed by atoms with Crippen molar-refractivity contribution in [2.45, 2.75) is 62.2 Å². The fourth-order valence-corrected chi connectivity index (χ4v) is 8.90. The van der Waals surface area contributed by atoms with Crippen molar-refractivity contribution >= 4 is 45.0 Å². The summed E-state index contributed by atoms with van der Waals surface area (Å²) >= 11 is 3.78. The minimum Gasteiger partial charge on any atom is -0.394 e. The Bertz CT molecular complexity index is 1450. The summed E-state index contributed by atoms with van der Waals surface area (Å²) in [6.45, 7) is 16.3. The Labute approximate surface area is 287 Å². The number of anilines is 2. The third-order valence-corrected chi connectivity index (χ3v) is 10.8. The number of halogens is 1. The molecule has 0 saturated carbocycles. The number of rotatable bonds is 15. The lowest BCUT2D eigenvalue weighted by Gasteiger charge is -2.39. The lowest BCUT2D eigenvalue weighted by molar-refractivity contribution is -0.147. The van der Waals surface area contributed by atoms with Crippen LogP contribution in [0.2, 0.25) is 0 Å². The van der Waals surface area contributed by atoms with Gasteiger partial charge >= 0.3 is 0 Å². The molecule has 2 aromatic rings. The number of benzene rings is 2. The van der Waals surface area contributed by atoms with Crippen LogP contribution in [-0.4, -0.2) is 94.5 Å². The van der Waals surface area contributed by atoms with E-state index < -0.39 is 42.2 Å². The van der Waals surface area contributed by atoms with Crippen LogP contribution in [0, 0.1) is 11.8 Å². The summed E-state index contributed by atoms with van der Waals surface area (Å²) in [5.41, 5.74) is 1.13. The van der Waals surface area contributed by atoms with E-state index in [-0.39, 0.29) is 29.1 Å². The number of alkyl halides is 1. The molecule has 3 fully saturated rings. The van der Waals surface area contributed by atoms with Crippen molar-refractivity contribution in [3.63, 3.8) is 0 Å². The average molecular weight is 708 g/mol. The summed E-state index contributed by atoms with van der Waals surface area (Å²) in [6.07, 6.45) is 3.89. The number of ether oxygens (including phenoxy) is 1. The van der Waals surface area contributed by atoms with E-state index in [4.69, 9.17) is 4.74 Å². The molecule has 5 rings (SSSR count). The summed E-state index contributed by atoms with van der Waals surface area (Å²) in [5.74, 6) is -2.54. The Morgan fingerprint density at radius 2 is 1.66 bits per heavy atom. The monoisotopic (exact) mass is 706 g/mol. The van der Waals surface area contributed by atoms with Gasteiger partial charge in [0, 0.05) is 48.9 Å². The maximum atomic E-state index is 15.1. The van der Waals surface area contributed by atoms with E-state index in [1.807, 2.05) is 61.5 Å². The zero-order valence-electron chi connectivity index (χ0n) is 27.6. The van der Waals surface area contributed by atoms with E-state index in [2.05, 4.69) is 47.8 Å². The molecule has 10 heteroatoms. The van der Waals surface area contributed by atoms with Gasteiger partial charge in [0.25, 0.3) is 5.91 Å². The first-order valence-electron chi connectivity index (χ1n) is 16.7. The van der Waals surface area contributed by atoms with Gasteiger partial charge < -0.3 is 29.4 Å². The number of likely N-dealkylation sites (tertiary alicyclic amines) is 1. The van der Waals surface area contributed by atoms with E-state index in [1.165, 1.54) is 4.90 Å². The molecule has 3 heterocycles. The molecule has 0 aromatic heterocycles. The van der Waals surface area contributed by atoms with E-state index in [9.17, 15) is 14.7 Å². The quantitative estimate of drug-likeness (QED) is 0.208. The number of fused-ring (bicyclic) bond motifs is 1. The summed E-state index contributed by atoms with van der Waals surface area (Å²) < 4.78 is 6.80. The molecule has 0 aliphatic carbocycles. The Hall–Kier alpha value is -3.47. The smallest absolute Gasteiger partial charge is 0.253 e. The minimum absolute atomic E-state index is 0.177. The first kappa shape index (κ1) is 34.9. The molecule has 3 saturated heterocycles. The van der Waals surface area contributed by atoms with E-state index in [0.717, 1.165) is 25.2 Å². The molecule has 47 heavy (non-hydrogen) atoms. The number of aliphatic hydroxyl groups is 1. The molecule has 3 aliphatic rings. The molecule has 1 N–H and O–H groups in total. The van der Waals surface area contributed by atoms with Gasteiger partial charge in [-0.1, -0.05) is 65.3 Å². The second kappa shape index (κ2) is 14.7. The predicted molar refractivity (Wildman–Crippen MR) is 188 cm³/mol. The van der Waals surface area contributed by atoms with Crippen LogP contribution < -0.4 is 9.80 Å². The number of hydrogen-bond acceptors (Lipinski definition) is 6. The second-order valence-electron chi connectivity index (χ2n) is 12.5. The van der Waals surface area contributed by atoms with Gasteiger partial charge in [-0.25, -0.2) is 0 Å². The number of aliphatic hydroxyl groups excluding tert-OH is 1. The molecular weight excluding hydrogens is 660 g/mol. The molecule has 9 nitrogen and oxygen atoms in total. The largest absolute Gasteiger partial charge is 0.394 e. The van der Waals surface area contributed by atoms with Crippen LogP contribution in [0.3, 0.4) is 0 Å². The van der Waals surface area contributed by atoms with Crippen LogP contribution in [-0.2, 0) is 19.1 Å². The normalized spacial score (nSPS) is 26.5. The molecule has 2 aromatic carbocycles. The Morgan fingerprint density at radius 1 is 1.02 bits per heavy atom. The van der Waals surface area contributed by atoms with Gasteiger partial charge in [0.05, 0.1) is 30.6 Å².